The molecule has 3 nitrogen and oxygen atoms in total. The minimum Gasteiger partial charge on any atom is -0.388 e. The third-order valence-corrected chi connectivity index (χ3v) is 3.11. The minimum absolute atomic E-state index is 0.509. The van der Waals surface area contributed by atoms with Gasteiger partial charge in [0.1, 0.15) is 5.65 Å². The Morgan fingerprint density at radius 2 is 1.94 bits per heavy atom. The lowest BCUT2D eigenvalue weighted by Crippen LogP contribution is -2.00. The zero-order chi connectivity index (χ0) is 12.4. The summed E-state index contributed by atoms with van der Waals surface area (Å²) in [4.78, 5) is 7.31. The van der Waals surface area contributed by atoms with Crippen molar-refractivity contribution in [3.05, 3.63) is 66.0 Å². The van der Waals surface area contributed by atoms with Crippen LogP contribution >= 0.6 is 0 Å². The van der Waals surface area contributed by atoms with E-state index in [4.69, 9.17) is 0 Å². The number of pyridine rings is 1. The van der Waals surface area contributed by atoms with Crippen molar-refractivity contribution >= 4 is 11.0 Å². The zero-order valence-electron chi connectivity index (χ0n) is 9.88. The Bertz CT molecular complexity index is 646. The van der Waals surface area contributed by atoms with E-state index in [0.717, 1.165) is 22.2 Å². The monoisotopic (exact) mass is 238 g/mol. The molecule has 0 saturated carbocycles. The van der Waals surface area contributed by atoms with Crippen molar-refractivity contribution in [1.82, 2.24) is 9.97 Å². The van der Waals surface area contributed by atoms with Crippen LogP contribution in [0.4, 0.5) is 0 Å². The number of aliphatic hydroxyl groups excluding tert-OH is 1. The Kier molecular flexibility index (Phi) is 2.82. The SMILES string of the molecule is OC(Cc1ccccc1)c1c[nH]c2ncccc12. The van der Waals surface area contributed by atoms with Crippen molar-refractivity contribution < 1.29 is 5.11 Å². The number of hydrogen-bond donors (Lipinski definition) is 2. The largest absolute Gasteiger partial charge is 0.388 e. The molecule has 2 aromatic heterocycles. The van der Waals surface area contributed by atoms with E-state index in [2.05, 4.69) is 9.97 Å². The fourth-order valence-corrected chi connectivity index (χ4v) is 2.20. The molecular weight excluding hydrogens is 224 g/mol. The van der Waals surface area contributed by atoms with E-state index in [1.165, 1.54) is 0 Å². The normalized spacial score (nSPS) is 12.7. The first kappa shape index (κ1) is 11.0. The maximum atomic E-state index is 10.3. The summed E-state index contributed by atoms with van der Waals surface area (Å²) in [6.45, 7) is 0. The second-order valence-electron chi connectivity index (χ2n) is 4.35. The van der Waals surface area contributed by atoms with Crippen LogP contribution in [0.3, 0.4) is 0 Å². The Hall–Kier alpha value is -2.13. The van der Waals surface area contributed by atoms with E-state index in [0.29, 0.717) is 6.42 Å². The molecule has 1 unspecified atom stereocenters. The minimum atomic E-state index is -0.509. The molecule has 18 heavy (non-hydrogen) atoms. The molecule has 0 aliphatic heterocycles. The molecule has 0 fully saturated rings. The molecule has 2 N–H and O–H groups in total. The number of aromatic amines is 1. The average Bonchev–Trinajstić information content (AvgIpc) is 2.84. The molecular formula is C15H14N2O. The maximum Gasteiger partial charge on any atom is 0.137 e. The van der Waals surface area contributed by atoms with Gasteiger partial charge < -0.3 is 10.1 Å². The van der Waals surface area contributed by atoms with Crippen LogP contribution in [0, 0.1) is 0 Å². The van der Waals surface area contributed by atoms with Crippen LogP contribution in [0.25, 0.3) is 11.0 Å². The van der Waals surface area contributed by atoms with Crippen molar-refractivity contribution in [1.29, 1.82) is 0 Å². The first-order valence-electron chi connectivity index (χ1n) is 5.98. The number of hydrogen-bond acceptors (Lipinski definition) is 2. The average molecular weight is 238 g/mol. The van der Waals surface area contributed by atoms with Gasteiger partial charge in [-0.2, -0.15) is 0 Å². The Balaban J connectivity index is 1.90. The van der Waals surface area contributed by atoms with Gasteiger partial charge in [0, 0.05) is 29.8 Å². The summed E-state index contributed by atoms with van der Waals surface area (Å²) in [7, 11) is 0. The molecule has 1 aromatic carbocycles. The third-order valence-electron chi connectivity index (χ3n) is 3.11. The number of fused-ring (bicyclic) bond motifs is 1. The van der Waals surface area contributed by atoms with Crippen LogP contribution in [0.15, 0.2) is 54.9 Å². The van der Waals surface area contributed by atoms with E-state index >= 15 is 0 Å². The highest BCUT2D eigenvalue weighted by Crippen LogP contribution is 2.25. The molecule has 3 rings (SSSR count). The van der Waals surface area contributed by atoms with Crippen LogP contribution in [0.2, 0.25) is 0 Å². The van der Waals surface area contributed by atoms with Crippen molar-refractivity contribution in [3.8, 4) is 0 Å². The van der Waals surface area contributed by atoms with E-state index in [-0.39, 0.29) is 0 Å². The molecule has 0 radical (unpaired) electrons. The molecule has 0 aliphatic carbocycles. The molecule has 1 atom stereocenters. The molecule has 0 aliphatic rings. The highest BCUT2D eigenvalue weighted by atomic mass is 16.3. The number of nitrogens with zero attached hydrogens (tertiary/aromatic N) is 1. The smallest absolute Gasteiger partial charge is 0.137 e. The fourth-order valence-electron chi connectivity index (χ4n) is 2.20. The van der Waals surface area contributed by atoms with E-state index in [1.54, 1.807) is 6.20 Å². The lowest BCUT2D eigenvalue weighted by molar-refractivity contribution is 0.180. The van der Waals surface area contributed by atoms with E-state index in [1.807, 2.05) is 48.7 Å². The van der Waals surface area contributed by atoms with Gasteiger partial charge in [-0.1, -0.05) is 30.3 Å². The standard InChI is InChI=1S/C15H14N2O/c18-14(9-11-5-2-1-3-6-11)13-10-17-15-12(13)7-4-8-16-15/h1-8,10,14,18H,9H2,(H,16,17). The predicted octanol–water partition coefficient (Wildman–Crippen LogP) is 2.84. The molecule has 0 spiro atoms. The van der Waals surface area contributed by atoms with Crippen molar-refractivity contribution in [3.63, 3.8) is 0 Å². The fraction of sp³-hybridized carbons (Fsp3) is 0.133. The van der Waals surface area contributed by atoms with Crippen LogP contribution in [-0.4, -0.2) is 15.1 Å². The maximum absolute atomic E-state index is 10.3. The van der Waals surface area contributed by atoms with Gasteiger partial charge in [0.25, 0.3) is 0 Å². The van der Waals surface area contributed by atoms with Gasteiger partial charge in [-0.05, 0) is 17.7 Å². The highest BCUT2D eigenvalue weighted by Gasteiger charge is 2.13. The van der Waals surface area contributed by atoms with Crippen molar-refractivity contribution in [2.75, 3.05) is 0 Å². The second kappa shape index (κ2) is 4.63. The number of aromatic nitrogens is 2. The van der Waals surface area contributed by atoms with Gasteiger partial charge in [-0.15, -0.1) is 0 Å². The molecule has 0 bridgehead atoms. The quantitative estimate of drug-likeness (QED) is 0.737. The summed E-state index contributed by atoms with van der Waals surface area (Å²) in [6.07, 6.45) is 3.69. The molecule has 90 valence electrons. The Morgan fingerprint density at radius 3 is 2.78 bits per heavy atom. The zero-order valence-corrected chi connectivity index (χ0v) is 9.88. The summed E-state index contributed by atoms with van der Waals surface area (Å²) in [6, 6.07) is 13.9. The van der Waals surface area contributed by atoms with Crippen molar-refractivity contribution in [2.24, 2.45) is 0 Å². The number of nitrogens with one attached hydrogen (secondary N) is 1. The van der Waals surface area contributed by atoms with E-state index in [9.17, 15) is 5.11 Å². The number of H-pyrrole nitrogens is 1. The van der Waals surface area contributed by atoms with Crippen LogP contribution in [-0.2, 0) is 6.42 Å². The third kappa shape index (κ3) is 2.00. The molecule has 0 saturated heterocycles. The van der Waals surface area contributed by atoms with Gasteiger partial charge in [0.2, 0.25) is 0 Å². The molecule has 2 heterocycles. The van der Waals surface area contributed by atoms with Gasteiger partial charge in [0.15, 0.2) is 0 Å². The Morgan fingerprint density at radius 1 is 1.11 bits per heavy atom. The highest BCUT2D eigenvalue weighted by molar-refractivity contribution is 5.79. The summed E-state index contributed by atoms with van der Waals surface area (Å²) in [5, 5.41) is 11.3. The first-order valence-corrected chi connectivity index (χ1v) is 5.98. The lowest BCUT2D eigenvalue weighted by atomic mass is 10.0. The van der Waals surface area contributed by atoms with Crippen LogP contribution < -0.4 is 0 Å². The van der Waals surface area contributed by atoms with Gasteiger partial charge >= 0.3 is 0 Å². The lowest BCUT2D eigenvalue weighted by Gasteiger charge is -2.09. The summed E-state index contributed by atoms with van der Waals surface area (Å²) >= 11 is 0. The first-order chi connectivity index (χ1) is 8.84. The molecule has 3 heteroatoms. The van der Waals surface area contributed by atoms with Gasteiger partial charge in [0.05, 0.1) is 6.10 Å². The number of rotatable bonds is 3. The number of aliphatic hydroxyl groups is 1. The predicted molar refractivity (Wildman–Crippen MR) is 71.2 cm³/mol. The van der Waals surface area contributed by atoms with Gasteiger partial charge in [-0.3, -0.25) is 0 Å². The number of benzene rings is 1. The summed E-state index contributed by atoms with van der Waals surface area (Å²) < 4.78 is 0. The second-order valence-corrected chi connectivity index (χ2v) is 4.35. The molecule has 0 amide bonds. The van der Waals surface area contributed by atoms with Crippen LogP contribution in [0.1, 0.15) is 17.2 Å². The Labute approximate surface area is 105 Å². The van der Waals surface area contributed by atoms with E-state index < -0.39 is 6.10 Å². The topological polar surface area (TPSA) is 48.9 Å². The van der Waals surface area contributed by atoms with Crippen molar-refractivity contribution in [2.45, 2.75) is 12.5 Å². The van der Waals surface area contributed by atoms with Gasteiger partial charge in [-0.25, -0.2) is 4.98 Å². The van der Waals surface area contributed by atoms with Crippen LogP contribution in [0.5, 0.6) is 0 Å². The summed E-state index contributed by atoms with van der Waals surface area (Å²) in [5.74, 6) is 0. The molecule has 3 aromatic rings. The summed E-state index contributed by atoms with van der Waals surface area (Å²) in [5.41, 5.74) is 2.85.